The Morgan fingerprint density at radius 3 is 2.55 bits per heavy atom. The third kappa shape index (κ3) is 5.66. The average molecular weight is 421 g/mol. The number of carbonyl (C=O) groups excluding carboxylic acids is 2. The van der Waals surface area contributed by atoms with Crippen LogP contribution in [0.3, 0.4) is 0 Å². The smallest absolute Gasteiger partial charge is 0.321 e. The van der Waals surface area contributed by atoms with Crippen LogP contribution in [-0.4, -0.2) is 55.6 Å². The molecule has 0 saturated carbocycles. The number of esters is 1. The second-order valence-electron chi connectivity index (χ2n) is 7.84. The molecule has 1 aromatic rings. The molecule has 0 aliphatic carbocycles. The number of amides is 2. The Morgan fingerprint density at radius 1 is 1.24 bits per heavy atom. The van der Waals surface area contributed by atoms with Gasteiger partial charge in [-0.1, -0.05) is 0 Å². The fourth-order valence-electron chi connectivity index (χ4n) is 4.19. The summed E-state index contributed by atoms with van der Waals surface area (Å²) in [5.74, 6) is -0.137. The highest BCUT2D eigenvalue weighted by Gasteiger charge is 2.45. The first kappa shape index (κ1) is 22.0. The van der Waals surface area contributed by atoms with Gasteiger partial charge in [0.15, 0.2) is 0 Å². The van der Waals surface area contributed by atoms with E-state index in [4.69, 9.17) is 9.47 Å². The van der Waals surface area contributed by atoms with Crippen molar-refractivity contribution in [1.29, 1.82) is 0 Å². The van der Waals surface area contributed by atoms with E-state index >= 15 is 0 Å². The minimum Gasteiger partial charge on any atom is -0.466 e. The Kier molecular flexibility index (Phi) is 7.84. The van der Waals surface area contributed by atoms with E-state index in [-0.39, 0.29) is 18.1 Å². The van der Waals surface area contributed by atoms with Crippen molar-refractivity contribution in [2.75, 3.05) is 37.9 Å². The summed E-state index contributed by atoms with van der Waals surface area (Å²) in [5, 5.41) is 2.96. The Labute approximate surface area is 177 Å². The van der Waals surface area contributed by atoms with Gasteiger partial charge >= 0.3 is 12.0 Å². The molecule has 2 fully saturated rings. The molecule has 160 valence electrons. The maximum Gasteiger partial charge on any atom is 0.321 e. The maximum atomic E-state index is 12.8. The van der Waals surface area contributed by atoms with Gasteiger partial charge in [0.05, 0.1) is 18.1 Å². The highest BCUT2D eigenvalue weighted by molar-refractivity contribution is 7.98. The van der Waals surface area contributed by atoms with Crippen molar-refractivity contribution in [2.24, 2.45) is 5.41 Å². The molecule has 2 aliphatic rings. The maximum absolute atomic E-state index is 12.8. The van der Waals surface area contributed by atoms with Crippen molar-refractivity contribution in [3.8, 4) is 0 Å². The normalized spacial score (nSPS) is 21.4. The number of likely N-dealkylation sites (tertiary alicyclic amines) is 1. The Bertz CT molecular complexity index is 681. The Hall–Kier alpha value is -1.73. The molecule has 0 aromatic heterocycles. The lowest BCUT2D eigenvalue weighted by atomic mass is 9.73. The molecule has 3 rings (SSSR count). The molecule has 2 heterocycles. The van der Waals surface area contributed by atoms with Crippen LogP contribution in [0.1, 0.15) is 45.4 Å². The molecule has 29 heavy (non-hydrogen) atoms. The molecule has 2 amide bonds. The van der Waals surface area contributed by atoms with Crippen LogP contribution in [0, 0.1) is 5.41 Å². The monoisotopic (exact) mass is 420 g/mol. The predicted molar refractivity (Wildman–Crippen MR) is 115 cm³/mol. The molecular weight excluding hydrogens is 388 g/mol. The van der Waals surface area contributed by atoms with E-state index < -0.39 is 5.41 Å². The third-order valence-electron chi connectivity index (χ3n) is 5.95. The van der Waals surface area contributed by atoms with Crippen LogP contribution in [0.4, 0.5) is 10.5 Å². The molecule has 6 nitrogen and oxygen atoms in total. The van der Waals surface area contributed by atoms with Crippen LogP contribution in [-0.2, 0) is 14.3 Å². The van der Waals surface area contributed by atoms with Crippen molar-refractivity contribution in [1.82, 2.24) is 4.90 Å². The number of hydrogen-bond donors (Lipinski definition) is 1. The van der Waals surface area contributed by atoms with Crippen LogP contribution in [0.25, 0.3) is 0 Å². The van der Waals surface area contributed by atoms with E-state index in [0.717, 1.165) is 36.5 Å². The van der Waals surface area contributed by atoms with Gasteiger partial charge in [-0.15, -0.1) is 11.8 Å². The highest BCUT2D eigenvalue weighted by Crippen LogP contribution is 2.40. The number of carbonyl (C=O) groups is 2. The quantitative estimate of drug-likeness (QED) is 0.540. The summed E-state index contributed by atoms with van der Waals surface area (Å²) >= 11 is 1.67. The largest absolute Gasteiger partial charge is 0.466 e. The predicted octanol–water partition coefficient (Wildman–Crippen LogP) is 4.54. The number of rotatable bonds is 6. The van der Waals surface area contributed by atoms with Crippen LogP contribution in [0.2, 0.25) is 0 Å². The molecular formula is C22H32N2O4S. The lowest BCUT2D eigenvalue weighted by molar-refractivity contribution is -0.162. The summed E-state index contributed by atoms with van der Waals surface area (Å²) in [6.45, 7) is 4.07. The van der Waals surface area contributed by atoms with Gasteiger partial charge in [-0.2, -0.15) is 0 Å². The Balaban J connectivity index is 1.60. The van der Waals surface area contributed by atoms with Crippen molar-refractivity contribution in [3.63, 3.8) is 0 Å². The number of nitrogens with one attached hydrogen (secondary N) is 1. The van der Waals surface area contributed by atoms with Gasteiger partial charge in [0.1, 0.15) is 0 Å². The number of hydrogen-bond acceptors (Lipinski definition) is 5. The van der Waals surface area contributed by atoms with Crippen molar-refractivity contribution in [3.05, 3.63) is 24.3 Å². The molecule has 7 heteroatoms. The van der Waals surface area contributed by atoms with Gasteiger partial charge in [-0.25, -0.2) is 4.79 Å². The van der Waals surface area contributed by atoms with Crippen LogP contribution >= 0.6 is 11.8 Å². The van der Waals surface area contributed by atoms with Gasteiger partial charge in [-0.3, -0.25) is 4.79 Å². The lowest BCUT2D eigenvalue weighted by Gasteiger charge is -2.42. The molecule has 2 aliphatic heterocycles. The first-order chi connectivity index (χ1) is 14.1. The minimum absolute atomic E-state index is 0.114. The molecule has 0 spiro atoms. The molecule has 1 N–H and O–H groups in total. The fraction of sp³-hybridized carbons (Fsp3) is 0.636. The molecule has 1 aromatic carbocycles. The molecule has 0 unspecified atom stereocenters. The summed E-state index contributed by atoms with van der Waals surface area (Å²) < 4.78 is 11.3. The number of ether oxygens (including phenoxy) is 2. The van der Waals surface area contributed by atoms with E-state index in [1.54, 1.807) is 16.7 Å². The zero-order valence-corrected chi connectivity index (χ0v) is 18.3. The van der Waals surface area contributed by atoms with Crippen LogP contribution < -0.4 is 5.32 Å². The standard InChI is InChI=1S/C22H32N2O4S/c1-3-27-20(25)22(16-18-6-4-5-15-28-18)11-13-24(14-12-22)21(26)23-17-7-9-19(29-2)10-8-17/h7-10,18H,3-6,11-16H2,1-2H3,(H,23,26)/t18-/m0/s1. The van der Waals surface area contributed by atoms with Crippen molar-refractivity contribution < 1.29 is 19.1 Å². The lowest BCUT2D eigenvalue weighted by Crippen LogP contribution is -2.49. The van der Waals surface area contributed by atoms with E-state index in [0.29, 0.717) is 39.0 Å². The number of anilines is 1. The SMILES string of the molecule is CCOC(=O)C1(C[C@@H]2CCCCO2)CCN(C(=O)Nc2ccc(SC)cc2)CC1. The molecule has 0 bridgehead atoms. The van der Waals surface area contributed by atoms with Gasteiger partial charge in [-0.05, 0) is 76.0 Å². The second kappa shape index (κ2) is 10.3. The van der Waals surface area contributed by atoms with E-state index in [1.807, 2.05) is 37.4 Å². The number of urea groups is 1. The number of nitrogens with zero attached hydrogens (tertiary/aromatic N) is 1. The third-order valence-corrected chi connectivity index (χ3v) is 6.69. The fourth-order valence-corrected chi connectivity index (χ4v) is 4.60. The van der Waals surface area contributed by atoms with Crippen LogP contribution in [0.15, 0.2) is 29.2 Å². The van der Waals surface area contributed by atoms with Gasteiger partial charge < -0.3 is 19.7 Å². The first-order valence-corrected chi connectivity index (χ1v) is 11.8. The van der Waals surface area contributed by atoms with Gasteiger partial charge in [0, 0.05) is 30.3 Å². The van der Waals surface area contributed by atoms with E-state index in [1.165, 1.54) is 0 Å². The number of piperidine rings is 1. The molecule has 1 atom stereocenters. The summed E-state index contributed by atoms with van der Waals surface area (Å²) in [7, 11) is 0. The summed E-state index contributed by atoms with van der Waals surface area (Å²) in [6, 6.07) is 7.70. The highest BCUT2D eigenvalue weighted by atomic mass is 32.2. The molecule has 2 saturated heterocycles. The number of thioether (sulfide) groups is 1. The second-order valence-corrected chi connectivity index (χ2v) is 8.72. The summed E-state index contributed by atoms with van der Waals surface area (Å²) in [4.78, 5) is 28.5. The average Bonchev–Trinajstić information content (AvgIpc) is 2.75. The zero-order chi connectivity index (χ0) is 20.7. The topological polar surface area (TPSA) is 67.9 Å². The first-order valence-electron chi connectivity index (χ1n) is 10.5. The minimum atomic E-state index is -0.547. The van der Waals surface area contributed by atoms with Gasteiger partial charge in [0.2, 0.25) is 0 Å². The van der Waals surface area contributed by atoms with Gasteiger partial charge in [0.25, 0.3) is 0 Å². The molecule has 0 radical (unpaired) electrons. The summed E-state index contributed by atoms with van der Waals surface area (Å²) in [6.07, 6.45) is 7.30. The summed E-state index contributed by atoms with van der Waals surface area (Å²) in [5.41, 5.74) is 0.236. The van der Waals surface area contributed by atoms with Crippen molar-refractivity contribution >= 4 is 29.4 Å². The van der Waals surface area contributed by atoms with E-state index in [9.17, 15) is 9.59 Å². The Morgan fingerprint density at radius 2 is 1.97 bits per heavy atom. The van der Waals surface area contributed by atoms with Crippen LogP contribution in [0.5, 0.6) is 0 Å². The number of benzene rings is 1. The zero-order valence-electron chi connectivity index (χ0n) is 17.4. The van der Waals surface area contributed by atoms with Crippen molar-refractivity contribution in [2.45, 2.75) is 56.4 Å². The van der Waals surface area contributed by atoms with E-state index in [2.05, 4.69) is 5.32 Å².